The second kappa shape index (κ2) is 3.05. The van der Waals surface area contributed by atoms with Crippen LogP contribution in [0.15, 0.2) is 0 Å². The van der Waals surface area contributed by atoms with Crippen LogP contribution >= 0.6 is 0 Å². The van der Waals surface area contributed by atoms with E-state index < -0.39 is 0 Å². The van der Waals surface area contributed by atoms with Gasteiger partial charge >= 0.3 is 0 Å². The van der Waals surface area contributed by atoms with E-state index in [1.165, 1.54) is 0 Å². The molecule has 3 nitrogen and oxygen atoms in total. The van der Waals surface area contributed by atoms with E-state index >= 15 is 0 Å². The van der Waals surface area contributed by atoms with E-state index in [2.05, 4.69) is 13.8 Å². The predicted octanol–water partition coefficient (Wildman–Crippen LogP) is 0.592. The Bertz CT molecular complexity index is 187. The molecule has 0 bridgehead atoms. The molecule has 0 aromatic heterocycles. The second-order valence-corrected chi connectivity index (χ2v) is 4.46. The number of nitrogens with two attached hydrogens (primary N) is 1. The van der Waals surface area contributed by atoms with Crippen LogP contribution in [0.4, 0.5) is 0 Å². The van der Waals surface area contributed by atoms with Crippen molar-refractivity contribution in [2.45, 2.75) is 33.2 Å². The molecular formula is C9H18N2O. The Morgan fingerprint density at radius 3 is 2.50 bits per heavy atom. The van der Waals surface area contributed by atoms with Gasteiger partial charge in [-0.2, -0.15) is 0 Å². The molecule has 0 aliphatic carbocycles. The maximum atomic E-state index is 11.4. The highest BCUT2D eigenvalue weighted by molar-refractivity contribution is 5.81. The van der Waals surface area contributed by atoms with Gasteiger partial charge in [-0.05, 0) is 18.8 Å². The van der Waals surface area contributed by atoms with Crippen molar-refractivity contribution < 1.29 is 4.79 Å². The van der Waals surface area contributed by atoms with Crippen LogP contribution in [0.1, 0.15) is 27.2 Å². The average molecular weight is 170 g/mol. The Labute approximate surface area is 73.9 Å². The van der Waals surface area contributed by atoms with E-state index in [0.29, 0.717) is 0 Å². The summed E-state index contributed by atoms with van der Waals surface area (Å²) in [5.74, 6) is 0.0839. The summed E-state index contributed by atoms with van der Waals surface area (Å²) in [6.07, 6.45) is 1.09. The summed E-state index contributed by atoms with van der Waals surface area (Å²) in [6, 6.07) is -0.348. The quantitative estimate of drug-likeness (QED) is 0.626. The Morgan fingerprint density at radius 2 is 2.17 bits per heavy atom. The Hall–Kier alpha value is -0.570. The lowest BCUT2D eigenvalue weighted by Crippen LogP contribution is -2.41. The minimum Gasteiger partial charge on any atom is -0.341 e. The van der Waals surface area contributed by atoms with Crippen molar-refractivity contribution in [3.05, 3.63) is 0 Å². The molecule has 1 amide bonds. The molecule has 1 aliphatic heterocycles. The van der Waals surface area contributed by atoms with Gasteiger partial charge in [0.2, 0.25) is 5.91 Å². The first kappa shape index (κ1) is 9.52. The van der Waals surface area contributed by atoms with Gasteiger partial charge in [0.1, 0.15) is 0 Å². The highest BCUT2D eigenvalue weighted by atomic mass is 16.2. The molecule has 3 heteroatoms. The van der Waals surface area contributed by atoms with Gasteiger partial charge < -0.3 is 10.6 Å². The summed E-state index contributed by atoms with van der Waals surface area (Å²) in [5.41, 5.74) is 5.80. The van der Waals surface area contributed by atoms with Crippen LogP contribution in [0.25, 0.3) is 0 Å². The molecule has 0 aromatic rings. The summed E-state index contributed by atoms with van der Waals surface area (Å²) in [5, 5.41) is 0. The largest absolute Gasteiger partial charge is 0.341 e. The van der Waals surface area contributed by atoms with E-state index in [0.717, 1.165) is 19.5 Å². The Kier molecular flexibility index (Phi) is 2.42. The first-order chi connectivity index (χ1) is 5.42. The first-order valence-corrected chi connectivity index (χ1v) is 4.47. The van der Waals surface area contributed by atoms with Gasteiger partial charge in [0, 0.05) is 13.1 Å². The van der Waals surface area contributed by atoms with E-state index in [1.807, 2.05) is 4.90 Å². The van der Waals surface area contributed by atoms with Crippen LogP contribution in [-0.4, -0.2) is 29.9 Å². The average Bonchev–Trinajstić information content (AvgIpc) is 2.28. The number of rotatable bonds is 1. The Morgan fingerprint density at radius 1 is 1.58 bits per heavy atom. The van der Waals surface area contributed by atoms with Crippen LogP contribution in [0.3, 0.4) is 0 Å². The second-order valence-electron chi connectivity index (χ2n) is 4.46. The van der Waals surface area contributed by atoms with Crippen molar-refractivity contribution in [2.75, 3.05) is 13.1 Å². The van der Waals surface area contributed by atoms with Crippen LogP contribution in [0.5, 0.6) is 0 Å². The molecule has 0 aromatic carbocycles. The fourth-order valence-electron chi connectivity index (χ4n) is 1.59. The molecule has 0 radical (unpaired) electrons. The zero-order chi connectivity index (χ0) is 9.35. The number of amides is 1. The summed E-state index contributed by atoms with van der Waals surface area (Å²) in [7, 11) is 0. The van der Waals surface area contributed by atoms with E-state index in [9.17, 15) is 4.79 Å². The predicted molar refractivity (Wildman–Crippen MR) is 48.6 cm³/mol. The van der Waals surface area contributed by atoms with Crippen molar-refractivity contribution in [2.24, 2.45) is 11.1 Å². The van der Waals surface area contributed by atoms with Crippen molar-refractivity contribution in [3.8, 4) is 0 Å². The molecule has 1 saturated heterocycles. The summed E-state index contributed by atoms with van der Waals surface area (Å²) >= 11 is 0. The molecular weight excluding hydrogens is 152 g/mol. The zero-order valence-electron chi connectivity index (χ0n) is 8.13. The summed E-state index contributed by atoms with van der Waals surface area (Å²) in [6.45, 7) is 7.83. The molecule has 2 N–H and O–H groups in total. The Balaban J connectivity index is 2.53. The molecule has 12 heavy (non-hydrogen) atoms. The minimum atomic E-state index is -0.348. The normalized spacial score (nSPS) is 24.2. The van der Waals surface area contributed by atoms with Crippen molar-refractivity contribution in [1.29, 1.82) is 0 Å². The molecule has 0 unspecified atom stereocenters. The number of likely N-dealkylation sites (tertiary alicyclic amines) is 1. The third-order valence-corrected chi connectivity index (χ3v) is 2.38. The van der Waals surface area contributed by atoms with Crippen molar-refractivity contribution >= 4 is 5.91 Å². The van der Waals surface area contributed by atoms with Gasteiger partial charge in [0.05, 0.1) is 6.04 Å². The summed E-state index contributed by atoms with van der Waals surface area (Å²) < 4.78 is 0. The van der Waals surface area contributed by atoms with E-state index in [4.69, 9.17) is 5.73 Å². The van der Waals surface area contributed by atoms with Crippen molar-refractivity contribution in [1.82, 2.24) is 4.90 Å². The highest BCUT2D eigenvalue weighted by Gasteiger charge is 2.32. The maximum absolute atomic E-state index is 11.4. The molecule has 1 rings (SSSR count). The summed E-state index contributed by atoms with van der Waals surface area (Å²) in [4.78, 5) is 13.3. The van der Waals surface area contributed by atoms with Crippen LogP contribution in [-0.2, 0) is 4.79 Å². The third kappa shape index (κ3) is 1.97. The highest BCUT2D eigenvalue weighted by Crippen LogP contribution is 2.28. The molecule has 0 saturated carbocycles. The zero-order valence-corrected chi connectivity index (χ0v) is 8.13. The minimum absolute atomic E-state index is 0.0839. The molecule has 1 aliphatic rings. The lowest BCUT2D eigenvalue weighted by molar-refractivity contribution is -0.131. The van der Waals surface area contributed by atoms with Crippen LogP contribution < -0.4 is 5.73 Å². The number of hydrogen-bond acceptors (Lipinski definition) is 2. The van der Waals surface area contributed by atoms with Crippen LogP contribution in [0.2, 0.25) is 0 Å². The first-order valence-electron chi connectivity index (χ1n) is 4.47. The van der Waals surface area contributed by atoms with Gasteiger partial charge in [0.15, 0.2) is 0 Å². The SMILES string of the molecule is C[C@@H](N)C(=O)N1CCC(C)(C)C1. The molecule has 1 fully saturated rings. The van der Waals surface area contributed by atoms with E-state index in [1.54, 1.807) is 6.92 Å². The number of carbonyl (C=O) groups excluding carboxylic acids is 1. The maximum Gasteiger partial charge on any atom is 0.239 e. The van der Waals surface area contributed by atoms with Gasteiger partial charge in [-0.15, -0.1) is 0 Å². The number of nitrogens with zero attached hydrogens (tertiary/aromatic N) is 1. The topological polar surface area (TPSA) is 46.3 Å². The third-order valence-electron chi connectivity index (χ3n) is 2.38. The standard InChI is InChI=1S/C9H18N2O/c1-7(10)8(12)11-5-4-9(2,3)6-11/h7H,4-6,10H2,1-3H3/t7-/m1/s1. The molecule has 1 atom stereocenters. The molecule has 0 spiro atoms. The lowest BCUT2D eigenvalue weighted by Gasteiger charge is -2.21. The lowest BCUT2D eigenvalue weighted by atomic mass is 9.93. The number of hydrogen-bond donors (Lipinski definition) is 1. The van der Waals surface area contributed by atoms with E-state index in [-0.39, 0.29) is 17.4 Å². The fraction of sp³-hybridized carbons (Fsp3) is 0.889. The number of carbonyl (C=O) groups is 1. The van der Waals surface area contributed by atoms with Gasteiger partial charge in [0.25, 0.3) is 0 Å². The van der Waals surface area contributed by atoms with Gasteiger partial charge in [-0.25, -0.2) is 0 Å². The van der Waals surface area contributed by atoms with Crippen LogP contribution in [0, 0.1) is 5.41 Å². The smallest absolute Gasteiger partial charge is 0.239 e. The molecule has 1 heterocycles. The monoisotopic (exact) mass is 170 g/mol. The van der Waals surface area contributed by atoms with Gasteiger partial charge in [-0.1, -0.05) is 13.8 Å². The van der Waals surface area contributed by atoms with Crippen molar-refractivity contribution in [3.63, 3.8) is 0 Å². The van der Waals surface area contributed by atoms with Gasteiger partial charge in [-0.3, -0.25) is 4.79 Å². The fourth-order valence-corrected chi connectivity index (χ4v) is 1.59. The molecule has 70 valence electrons.